The highest BCUT2D eigenvalue weighted by Gasteiger charge is 2.21. The van der Waals surface area contributed by atoms with E-state index in [-0.39, 0.29) is 24.1 Å². The maximum absolute atomic E-state index is 14.7. The first-order valence-corrected chi connectivity index (χ1v) is 12.3. The van der Waals surface area contributed by atoms with Crippen LogP contribution in [0.5, 0.6) is 11.6 Å². The largest absolute Gasteiger partial charge is 0.490 e. The molecule has 2 aromatic carbocycles. The van der Waals surface area contributed by atoms with Crippen molar-refractivity contribution in [2.45, 2.75) is 38.3 Å². The molecule has 5 rings (SSSR count). The summed E-state index contributed by atoms with van der Waals surface area (Å²) in [6.07, 6.45) is 5.86. The highest BCUT2D eigenvalue weighted by atomic mass is 32.1. The highest BCUT2D eigenvalue weighted by Crippen LogP contribution is 2.31. The average molecular weight is 493 g/mol. The van der Waals surface area contributed by atoms with Crippen LogP contribution in [0.4, 0.5) is 9.52 Å². The van der Waals surface area contributed by atoms with Crippen LogP contribution in [-0.2, 0) is 6.54 Å². The van der Waals surface area contributed by atoms with Crippen molar-refractivity contribution in [2.24, 2.45) is 0 Å². The quantitative estimate of drug-likeness (QED) is 0.361. The number of nitrogen functional groups attached to an aromatic ring is 1. The second-order valence-electron chi connectivity index (χ2n) is 8.44. The SMILES string of the molecule is COc1ncc(-c2ccc3nc(N)sc3c2)cc1C(=O)NCc1c(F)cccc1OC1CCCC1. The van der Waals surface area contributed by atoms with Crippen LogP contribution in [0.2, 0.25) is 0 Å². The summed E-state index contributed by atoms with van der Waals surface area (Å²) in [5.74, 6) is -0.190. The second-order valence-corrected chi connectivity index (χ2v) is 9.50. The predicted octanol–water partition coefficient (Wildman–Crippen LogP) is 5.34. The molecule has 0 atom stereocenters. The molecular weight excluding hydrogens is 467 g/mol. The van der Waals surface area contributed by atoms with Gasteiger partial charge in [0.1, 0.15) is 17.1 Å². The Morgan fingerprint density at radius 2 is 2.03 bits per heavy atom. The number of hydrogen-bond acceptors (Lipinski definition) is 7. The average Bonchev–Trinajstić information content (AvgIpc) is 3.51. The van der Waals surface area contributed by atoms with Crippen LogP contribution in [0.25, 0.3) is 21.3 Å². The highest BCUT2D eigenvalue weighted by molar-refractivity contribution is 7.22. The number of rotatable bonds is 7. The van der Waals surface area contributed by atoms with E-state index in [2.05, 4.69) is 15.3 Å². The molecule has 0 unspecified atom stereocenters. The van der Waals surface area contributed by atoms with Crippen molar-refractivity contribution in [3.8, 4) is 22.8 Å². The van der Waals surface area contributed by atoms with E-state index in [9.17, 15) is 9.18 Å². The van der Waals surface area contributed by atoms with Crippen LogP contribution < -0.4 is 20.5 Å². The molecule has 0 aliphatic heterocycles. The number of carbonyl (C=O) groups is 1. The number of nitrogens with one attached hydrogen (secondary N) is 1. The fraction of sp³-hybridized carbons (Fsp3) is 0.269. The molecule has 180 valence electrons. The minimum Gasteiger partial charge on any atom is -0.490 e. The molecule has 1 aliphatic carbocycles. The third-order valence-electron chi connectivity index (χ3n) is 6.12. The third kappa shape index (κ3) is 4.90. The van der Waals surface area contributed by atoms with Crippen molar-refractivity contribution in [1.82, 2.24) is 15.3 Å². The van der Waals surface area contributed by atoms with Gasteiger partial charge < -0.3 is 20.5 Å². The summed E-state index contributed by atoms with van der Waals surface area (Å²) in [7, 11) is 1.45. The van der Waals surface area contributed by atoms with Gasteiger partial charge in [-0.15, -0.1) is 0 Å². The van der Waals surface area contributed by atoms with Gasteiger partial charge in [0.2, 0.25) is 5.88 Å². The Morgan fingerprint density at radius 1 is 1.20 bits per heavy atom. The van der Waals surface area contributed by atoms with E-state index < -0.39 is 11.7 Å². The van der Waals surface area contributed by atoms with E-state index in [4.69, 9.17) is 15.2 Å². The van der Waals surface area contributed by atoms with Crippen molar-refractivity contribution < 1.29 is 18.7 Å². The van der Waals surface area contributed by atoms with Crippen molar-refractivity contribution in [3.05, 3.63) is 65.6 Å². The van der Waals surface area contributed by atoms with Gasteiger partial charge in [-0.05, 0) is 61.6 Å². The molecule has 4 aromatic rings. The van der Waals surface area contributed by atoms with Crippen molar-refractivity contribution in [1.29, 1.82) is 0 Å². The van der Waals surface area contributed by atoms with Crippen molar-refractivity contribution >= 4 is 32.6 Å². The lowest BCUT2D eigenvalue weighted by atomic mass is 10.0. The summed E-state index contributed by atoms with van der Waals surface area (Å²) in [4.78, 5) is 21.7. The number of amides is 1. The molecule has 9 heteroatoms. The number of fused-ring (bicyclic) bond motifs is 1. The summed E-state index contributed by atoms with van der Waals surface area (Å²) in [6.45, 7) is -0.0208. The van der Waals surface area contributed by atoms with Crippen LogP contribution in [0, 0.1) is 5.82 Å². The molecule has 1 amide bonds. The second kappa shape index (κ2) is 9.87. The Labute approximate surface area is 206 Å². The van der Waals surface area contributed by atoms with E-state index in [1.807, 2.05) is 18.2 Å². The lowest BCUT2D eigenvalue weighted by Crippen LogP contribution is -2.25. The zero-order chi connectivity index (χ0) is 24.4. The minimum atomic E-state index is -0.422. The van der Waals surface area contributed by atoms with Gasteiger partial charge >= 0.3 is 0 Å². The van der Waals surface area contributed by atoms with Gasteiger partial charge in [-0.25, -0.2) is 14.4 Å². The Kier molecular flexibility index (Phi) is 6.50. The smallest absolute Gasteiger partial charge is 0.257 e. The third-order valence-corrected chi connectivity index (χ3v) is 6.97. The molecule has 0 bridgehead atoms. The first-order valence-electron chi connectivity index (χ1n) is 11.4. The number of ether oxygens (including phenoxy) is 2. The number of hydrogen-bond donors (Lipinski definition) is 2. The number of anilines is 1. The molecule has 2 heterocycles. The van der Waals surface area contributed by atoms with Gasteiger partial charge in [-0.1, -0.05) is 23.5 Å². The van der Waals surface area contributed by atoms with Crippen LogP contribution in [0.1, 0.15) is 41.6 Å². The summed E-state index contributed by atoms with van der Waals surface area (Å²) < 4.78 is 27.0. The number of nitrogens with zero attached hydrogens (tertiary/aromatic N) is 2. The molecule has 0 saturated heterocycles. The first kappa shape index (κ1) is 23.0. The van der Waals surface area contributed by atoms with Crippen molar-refractivity contribution in [2.75, 3.05) is 12.8 Å². The summed E-state index contributed by atoms with van der Waals surface area (Å²) in [5.41, 5.74) is 8.82. The Bertz CT molecular complexity index is 1380. The van der Waals surface area contributed by atoms with Gasteiger partial charge in [-0.3, -0.25) is 4.79 Å². The molecule has 35 heavy (non-hydrogen) atoms. The van der Waals surface area contributed by atoms with Gasteiger partial charge in [0, 0.05) is 23.9 Å². The van der Waals surface area contributed by atoms with E-state index in [1.165, 1.54) is 24.5 Å². The number of carbonyl (C=O) groups excluding carboxylic acids is 1. The maximum atomic E-state index is 14.7. The molecular formula is C26H25FN4O3S. The van der Waals surface area contributed by atoms with Crippen molar-refractivity contribution in [3.63, 3.8) is 0 Å². The summed E-state index contributed by atoms with van der Waals surface area (Å²) in [5, 5.41) is 3.30. The minimum absolute atomic E-state index is 0.0208. The standard InChI is InChI=1S/C26H25FN4O3S/c1-33-25-18(11-16(13-30-25)15-9-10-21-23(12-15)35-26(28)31-21)24(32)29-14-19-20(27)7-4-8-22(19)34-17-5-2-3-6-17/h4,7-13,17H,2-3,5-6,14H2,1H3,(H2,28,31)(H,29,32). The lowest BCUT2D eigenvalue weighted by molar-refractivity contribution is 0.0946. The monoisotopic (exact) mass is 492 g/mol. The van der Waals surface area contributed by atoms with E-state index in [0.717, 1.165) is 47.0 Å². The van der Waals surface area contributed by atoms with Crippen LogP contribution in [0.15, 0.2) is 48.7 Å². The Balaban J connectivity index is 1.38. The van der Waals surface area contributed by atoms with Crippen LogP contribution >= 0.6 is 11.3 Å². The lowest BCUT2D eigenvalue weighted by Gasteiger charge is -2.17. The molecule has 2 aromatic heterocycles. The van der Waals surface area contributed by atoms with E-state index in [0.29, 0.717) is 16.4 Å². The zero-order valence-corrected chi connectivity index (χ0v) is 20.0. The maximum Gasteiger partial charge on any atom is 0.257 e. The first-order chi connectivity index (χ1) is 17.0. The normalized spacial score (nSPS) is 13.8. The van der Waals surface area contributed by atoms with Crippen LogP contribution in [0.3, 0.4) is 0 Å². The van der Waals surface area contributed by atoms with Gasteiger partial charge in [-0.2, -0.15) is 0 Å². The number of thiazole rings is 1. The number of nitrogens with two attached hydrogens (primary N) is 1. The fourth-order valence-electron chi connectivity index (χ4n) is 4.33. The number of halogens is 1. The number of benzene rings is 2. The number of methoxy groups -OCH3 is 1. The topological polar surface area (TPSA) is 99.4 Å². The van der Waals surface area contributed by atoms with E-state index >= 15 is 0 Å². The molecule has 1 aliphatic rings. The number of aromatic nitrogens is 2. The molecule has 1 fully saturated rings. The Hall–Kier alpha value is -3.72. The van der Waals surface area contributed by atoms with Gasteiger partial charge in [0.05, 0.1) is 23.4 Å². The zero-order valence-electron chi connectivity index (χ0n) is 19.2. The molecule has 0 spiro atoms. The van der Waals surface area contributed by atoms with Gasteiger partial charge in [0.15, 0.2) is 5.13 Å². The number of pyridine rings is 1. The van der Waals surface area contributed by atoms with E-state index in [1.54, 1.807) is 24.4 Å². The Morgan fingerprint density at radius 3 is 2.83 bits per heavy atom. The molecule has 3 N–H and O–H groups in total. The summed E-state index contributed by atoms with van der Waals surface area (Å²) >= 11 is 1.39. The molecule has 1 saturated carbocycles. The fourth-order valence-corrected chi connectivity index (χ4v) is 5.10. The summed E-state index contributed by atoms with van der Waals surface area (Å²) in [6, 6.07) is 12.2. The van der Waals surface area contributed by atoms with Gasteiger partial charge in [0.25, 0.3) is 5.91 Å². The molecule has 7 nitrogen and oxygen atoms in total. The predicted molar refractivity (Wildman–Crippen MR) is 134 cm³/mol. The van der Waals surface area contributed by atoms with Crippen LogP contribution in [-0.4, -0.2) is 29.1 Å². The molecule has 0 radical (unpaired) electrons.